The van der Waals surface area contributed by atoms with Gasteiger partial charge in [-0.25, -0.2) is 4.79 Å². The minimum atomic E-state index is -0.302. The standard InChI is InChI=1S/C17H26O4/c1-5-19-14(4)21-16-10-8-15(9-11-16)17(18)20-12-6-7-13(2)3/h8-11,13-14H,5-7,12H2,1-4H3. The van der Waals surface area contributed by atoms with Crippen molar-refractivity contribution in [2.75, 3.05) is 13.2 Å². The van der Waals surface area contributed by atoms with Gasteiger partial charge in [0.1, 0.15) is 5.75 Å². The summed E-state index contributed by atoms with van der Waals surface area (Å²) in [6.07, 6.45) is 1.66. The van der Waals surface area contributed by atoms with Crippen molar-refractivity contribution in [3.63, 3.8) is 0 Å². The van der Waals surface area contributed by atoms with Gasteiger partial charge in [0.15, 0.2) is 6.29 Å². The predicted octanol–water partition coefficient (Wildman–Crippen LogP) is 4.04. The van der Waals surface area contributed by atoms with Gasteiger partial charge < -0.3 is 14.2 Å². The normalized spacial score (nSPS) is 12.2. The zero-order valence-corrected chi connectivity index (χ0v) is 13.4. The molecule has 1 rings (SSSR count). The largest absolute Gasteiger partial charge is 0.465 e. The maximum atomic E-state index is 11.8. The van der Waals surface area contributed by atoms with Gasteiger partial charge in [-0.15, -0.1) is 0 Å². The van der Waals surface area contributed by atoms with Crippen LogP contribution < -0.4 is 4.74 Å². The van der Waals surface area contributed by atoms with Gasteiger partial charge >= 0.3 is 5.97 Å². The van der Waals surface area contributed by atoms with Crippen LogP contribution in [0.25, 0.3) is 0 Å². The molecule has 0 aliphatic heterocycles. The van der Waals surface area contributed by atoms with Crippen LogP contribution in [0, 0.1) is 5.92 Å². The van der Waals surface area contributed by atoms with Crippen LogP contribution in [0.3, 0.4) is 0 Å². The number of benzene rings is 1. The molecular formula is C17H26O4. The molecule has 1 unspecified atom stereocenters. The first-order valence-corrected chi connectivity index (χ1v) is 7.58. The van der Waals surface area contributed by atoms with Gasteiger partial charge in [-0.1, -0.05) is 13.8 Å². The molecule has 0 heterocycles. The molecule has 0 aromatic heterocycles. The van der Waals surface area contributed by atoms with E-state index in [1.54, 1.807) is 24.3 Å². The van der Waals surface area contributed by atoms with Crippen LogP contribution in [0.15, 0.2) is 24.3 Å². The minimum Gasteiger partial charge on any atom is -0.465 e. The maximum absolute atomic E-state index is 11.8. The zero-order valence-electron chi connectivity index (χ0n) is 13.4. The van der Waals surface area contributed by atoms with Crippen molar-refractivity contribution in [1.82, 2.24) is 0 Å². The number of ether oxygens (including phenoxy) is 3. The summed E-state index contributed by atoms with van der Waals surface area (Å²) in [5.41, 5.74) is 0.538. The van der Waals surface area contributed by atoms with Crippen LogP contribution in [0.2, 0.25) is 0 Å². The van der Waals surface area contributed by atoms with Crippen LogP contribution in [0.4, 0.5) is 0 Å². The van der Waals surface area contributed by atoms with Gasteiger partial charge in [0, 0.05) is 6.61 Å². The molecule has 118 valence electrons. The third-order valence-corrected chi connectivity index (χ3v) is 2.95. The van der Waals surface area contributed by atoms with Crippen LogP contribution in [0.5, 0.6) is 5.75 Å². The van der Waals surface area contributed by atoms with Crippen LogP contribution in [-0.4, -0.2) is 25.5 Å². The lowest BCUT2D eigenvalue weighted by Gasteiger charge is -2.14. The Bertz CT molecular complexity index is 411. The van der Waals surface area contributed by atoms with E-state index in [0.29, 0.717) is 30.4 Å². The molecule has 0 fully saturated rings. The molecule has 1 aromatic rings. The number of rotatable bonds is 9. The smallest absolute Gasteiger partial charge is 0.338 e. The first kappa shape index (κ1) is 17.5. The fraction of sp³-hybridized carbons (Fsp3) is 0.588. The number of hydrogen-bond acceptors (Lipinski definition) is 4. The number of carbonyl (C=O) groups is 1. The molecule has 0 amide bonds. The topological polar surface area (TPSA) is 44.8 Å². The van der Waals surface area contributed by atoms with Gasteiger partial charge in [-0.05, 0) is 56.9 Å². The molecule has 0 saturated heterocycles. The zero-order chi connectivity index (χ0) is 15.7. The van der Waals surface area contributed by atoms with Crippen molar-refractivity contribution in [1.29, 1.82) is 0 Å². The number of esters is 1. The second-order valence-electron chi connectivity index (χ2n) is 5.34. The minimum absolute atomic E-state index is 0.289. The van der Waals surface area contributed by atoms with E-state index in [4.69, 9.17) is 14.2 Å². The second kappa shape index (κ2) is 9.40. The lowest BCUT2D eigenvalue weighted by atomic mass is 10.1. The molecule has 1 aromatic carbocycles. The van der Waals surface area contributed by atoms with Gasteiger partial charge in [-0.2, -0.15) is 0 Å². The highest BCUT2D eigenvalue weighted by molar-refractivity contribution is 5.89. The van der Waals surface area contributed by atoms with Crippen LogP contribution in [0.1, 0.15) is 50.9 Å². The summed E-state index contributed by atoms with van der Waals surface area (Å²) in [5.74, 6) is 1.02. The van der Waals surface area contributed by atoms with Crippen molar-refractivity contribution in [3.8, 4) is 5.75 Å². The highest BCUT2D eigenvalue weighted by atomic mass is 16.7. The highest BCUT2D eigenvalue weighted by Crippen LogP contribution is 2.15. The van der Waals surface area contributed by atoms with E-state index in [9.17, 15) is 4.79 Å². The summed E-state index contributed by atoms with van der Waals surface area (Å²) in [4.78, 5) is 11.8. The first-order valence-electron chi connectivity index (χ1n) is 7.58. The summed E-state index contributed by atoms with van der Waals surface area (Å²) in [6.45, 7) is 9.13. The highest BCUT2D eigenvalue weighted by Gasteiger charge is 2.08. The quantitative estimate of drug-likeness (QED) is 0.392. The summed E-state index contributed by atoms with van der Waals surface area (Å²) in [7, 11) is 0. The molecule has 0 saturated carbocycles. The molecule has 0 bridgehead atoms. The maximum Gasteiger partial charge on any atom is 0.338 e. The average Bonchev–Trinajstić information content (AvgIpc) is 2.44. The molecule has 0 spiro atoms. The van der Waals surface area contributed by atoms with Gasteiger partial charge in [-0.3, -0.25) is 0 Å². The summed E-state index contributed by atoms with van der Waals surface area (Å²) >= 11 is 0. The van der Waals surface area contributed by atoms with Crippen LogP contribution >= 0.6 is 0 Å². The monoisotopic (exact) mass is 294 g/mol. The number of carbonyl (C=O) groups excluding carboxylic acids is 1. The van der Waals surface area contributed by atoms with E-state index in [1.165, 1.54) is 0 Å². The SMILES string of the molecule is CCOC(C)Oc1ccc(C(=O)OCCCC(C)C)cc1. The van der Waals surface area contributed by atoms with Crippen LogP contribution in [-0.2, 0) is 9.47 Å². The van der Waals surface area contributed by atoms with Gasteiger partial charge in [0.25, 0.3) is 0 Å². The van der Waals surface area contributed by atoms with Crippen molar-refractivity contribution in [3.05, 3.63) is 29.8 Å². The van der Waals surface area contributed by atoms with Crippen molar-refractivity contribution < 1.29 is 19.0 Å². The van der Waals surface area contributed by atoms with Crippen molar-refractivity contribution >= 4 is 5.97 Å². The first-order chi connectivity index (χ1) is 10.0. The predicted molar refractivity (Wildman–Crippen MR) is 82.5 cm³/mol. The summed E-state index contributed by atoms with van der Waals surface area (Å²) < 4.78 is 16.1. The van der Waals surface area contributed by atoms with Crippen molar-refractivity contribution in [2.24, 2.45) is 5.92 Å². The Morgan fingerprint density at radius 1 is 1.14 bits per heavy atom. The lowest BCUT2D eigenvalue weighted by molar-refractivity contribution is -0.0613. The summed E-state index contributed by atoms with van der Waals surface area (Å²) in [6, 6.07) is 6.91. The lowest BCUT2D eigenvalue weighted by Crippen LogP contribution is -2.16. The molecule has 0 aliphatic carbocycles. The third kappa shape index (κ3) is 7.14. The van der Waals surface area contributed by atoms with E-state index in [-0.39, 0.29) is 12.3 Å². The third-order valence-electron chi connectivity index (χ3n) is 2.95. The van der Waals surface area contributed by atoms with Gasteiger partial charge in [0.2, 0.25) is 0 Å². The number of hydrogen-bond donors (Lipinski definition) is 0. The molecule has 4 nitrogen and oxygen atoms in total. The Balaban J connectivity index is 2.40. The van der Waals surface area contributed by atoms with Gasteiger partial charge in [0.05, 0.1) is 12.2 Å². The van der Waals surface area contributed by atoms with E-state index >= 15 is 0 Å². The Kier molecular flexibility index (Phi) is 7.83. The van der Waals surface area contributed by atoms with E-state index in [1.807, 2.05) is 13.8 Å². The Hall–Kier alpha value is -1.55. The van der Waals surface area contributed by atoms with E-state index in [2.05, 4.69) is 13.8 Å². The molecule has 0 radical (unpaired) electrons. The second-order valence-corrected chi connectivity index (χ2v) is 5.34. The fourth-order valence-corrected chi connectivity index (χ4v) is 1.87. The average molecular weight is 294 g/mol. The molecule has 0 aliphatic rings. The Labute approximate surface area is 127 Å². The fourth-order valence-electron chi connectivity index (χ4n) is 1.87. The molecule has 0 N–H and O–H groups in total. The summed E-state index contributed by atoms with van der Waals surface area (Å²) in [5, 5.41) is 0. The molecular weight excluding hydrogens is 268 g/mol. The Morgan fingerprint density at radius 2 is 1.81 bits per heavy atom. The molecule has 21 heavy (non-hydrogen) atoms. The van der Waals surface area contributed by atoms with Crippen molar-refractivity contribution in [2.45, 2.75) is 46.8 Å². The van der Waals surface area contributed by atoms with E-state index < -0.39 is 0 Å². The van der Waals surface area contributed by atoms with E-state index in [0.717, 1.165) is 12.8 Å². The molecule has 4 heteroatoms. The Morgan fingerprint density at radius 3 is 2.38 bits per heavy atom. The molecule has 1 atom stereocenters.